The molecule has 4 rings (SSSR count). The first-order valence-corrected chi connectivity index (χ1v) is 13.3. The maximum Gasteiger partial charge on any atom is 0.258 e. The number of pyridine rings is 1. The van der Waals surface area contributed by atoms with Crippen molar-refractivity contribution < 1.29 is 13.5 Å². The highest BCUT2D eigenvalue weighted by atomic mass is 32.2. The summed E-state index contributed by atoms with van der Waals surface area (Å²) >= 11 is 0. The first kappa shape index (κ1) is 24.4. The molecule has 34 heavy (non-hydrogen) atoms. The van der Waals surface area contributed by atoms with E-state index >= 15 is 0 Å². The molecular formula is C26H33N3O4S. The van der Waals surface area contributed by atoms with Crippen LogP contribution in [-0.2, 0) is 16.6 Å². The summed E-state index contributed by atoms with van der Waals surface area (Å²) in [7, 11) is -0.584. The second-order valence-electron chi connectivity index (χ2n) is 9.27. The number of nitrogens with one attached hydrogen (secondary N) is 1. The maximum absolute atomic E-state index is 13.4. The van der Waals surface area contributed by atoms with Crippen LogP contribution < -0.4 is 10.9 Å². The zero-order valence-electron chi connectivity index (χ0n) is 19.8. The molecule has 1 saturated carbocycles. The summed E-state index contributed by atoms with van der Waals surface area (Å²) in [6.07, 6.45) is 5.99. The summed E-state index contributed by atoms with van der Waals surface area (Å²) in [5.74, 6) is 0.642. The minimum Gasteiger partial charge on any atom is -0.369 e. The SMILES string of the molecule is CN(C)S(=O)(=O)c1ccc(NC(O)c2cc3ccccc3n(CCC3CCCCC3)c2=O)cc1. The second-order valence-corrected chi connectivity index (χ2v) is 11.4. The zero-order valence-corrected chi connectivity index (χ0v) is 20.6. The van der Waals surface area contributed by atoms with Gasteiger partial charge in [0.2, 0.25) is 10.0 Å². The number of hydrogen-bond donors (Lipinski definition) is 2. The maximum atomic E-state index is 13.4. The van der Waals surface area contributed by atoms with Crippen LogP contribution in [0.15, 0.2) is 64.3 Å². The number of hydrogen-bond acceptors (Lipinski definition) is 5. The Labute approximate surface area is 201 Å². The number of sulfonamides is 1. The average molecular weight is 484 g/mol. The van der Waals surface area contributed by atoms with Crippen molar-refractivity contribution in [3.05, 3.63) is 70.5 Å². The van der Waals surface area contributed by atoms with Gasteiger partial charge in [0, 0.05) is 26.3 Å². The first-order chi connectivity index (χ1) is 16.3. The predicted octanol–water partition coefficient (Wildman–Crippen LogP) is 4.33. The highest BCUT2D eigenvalue weighted by Crippen LogP contribution is 2.27. The van der Waals surface area contributed by atoms with Crippen LogP contribution in [0.1, 0.15) is 50.3 Å². The fourth-order valence-electron chi connectivity index (χ4n) is 4.72. The number of aliphatic hydroxyl groups is 1. The molecule has 0 amide bonds. The van der Waals surface area contributed by atoms with E-state index in [1.807, 2.05) is 24.3 Å². The number of aryl methyl sites for hydroxylation is 1. The lowest BCUT2D eigenvalue weighted by Crippen LogP contribution is -2.29. The van der Waals surface area contributed by atoms with E-state index < -0.39 is 16.3 Å². The molecule has 182 valence electrons. The lowest BCUT2D eigenvalue weighted by molar-refractivity contribution is 0.206. The third kappa shape index (κ3) is 5.19. The van der Waals surface area contributed by atoms with Gasteiger partial charge >= 0.3 is 0 Å². The molecule has 2 aromatic carbocycles. The highest BCUT2D eigenvalue weighted by Gasteiger charge is 2.20. The quantitative estimate of drug-likeness (QED) is 0.466. The molecule has 7 nitrogen and oxygen atoms in total. The Bertz CT molecular complexity index is 1290. The molecule has 1 fully saturated rings. The van der Waals surface area contributed by atoms with Crippen molar-refractivity contribution >= 4 is 26.6 Å². The highest BCUT2D eigenvalue weighted by molar-refractivity contribution is 7.89. The Balaban J connectivity index is 1.59. The topological polar surface area (TPSA) is 91.6 Å². The Kier molecular flexibility index (Phi) is 7.40. The van der Waals surface area contributed by atoms with Crippen LogP contribution in [0.3, 0.4) is 0 Å². The number of nitrogens with zero attached hydrogens (tertiary/aromatic N) is 2. The van der Waals surface area contributed by atoms with Crippen molar-refractivity contribution in [2.75, 3.05) is 19.4 Å². The second kappa shape index (κ2) is 10.3. The molecule has 0 saturated heterocycles. The monoisotopic (exact) mass is 483 g/mol. The smallest absolute Gasteiger partial charge is 0.258 e. The van der Waals surface area contributed by atoms with Crippen LogP contribution in [0.5, 0.6) is 0 Å². The third-order valence-electron chi connectivity index (χ3n) is 6.75. The lowest BCUT2D eigenvalue weighted by Gasteiger charge is -2.23. The van der Waals surface area contributed by atoms with Crippen LogP contribution in [0.2, 0.25) is 0 Å². The van der Waals surface area contributed by atoms with Gasteiger partial charge in [0.15, 0.2) is 6.23 Å². The molecule has 1 aliphatic rings. The predicted molar refractivity (Wildman–Crippen MR) is 135 cm³/mol. The van der Waals surface area contributed by atoms with Gasteiger partial charge in [-0.05, 0) is 54.1 Å². The summed E-state index contributed by atoms with van der Waals surface area (Å²) in [6.45, 7) is 0.627. The van der Waals surface area contributed by atoms with Crippen molar-refractivity contribution in [3.63, 3.8) is 0 Å². The van der Waals surface area contributed by atoms with E-state index in [1.54, 1.807) is 22.8 Å². The summed E-state index contributed by atoms with van der Waals surface area (Å²) < 4.78 is 27.5. The summed E-state index contributed by atoms with van der Waals surface area (Å²) in [4.78, 5) is 13.6. The van der Waals surface area contributed by atoms with Gasteiger partial charge in [-0.3, -0.25) is 4.79 Å². The van der Waals surface area contributed by atoms with Gasteiger partial charge < -0.3 is 15.0 Å². The standard InChI is InChI=1S/C26H33N3O4S/c1-28(2)34(32,33)22-14-12-21(13-15-22)27-25(30)23-18-20-10-6-7-11-24(20)29(26(23)31)17-16-19-8-4-3-5-9-19/h6-7,10-15,18-19,25,27,30H,3-5,8-9,16-17H2,1-2H3. The Morgan fingerprint density at radius 1 is 1.06 bits per heavy atom. The van der Waals surface area contributed by atoms with Crippen molar-refractivity contribution in [3.8, 4) is 0 Å². The van der Waals surface area contributed by atoms with Gasteiger partial charge in [0.05, 0.1) is 16.0 Å². The lowest BCUT2D eigenvalue weighted by atomic mass is 9.87. The molecule has 0 radical (unpaired) electrons. The Morgan fingerprint density at radius 3 is 2.41 bits per heavy atom. The number of rotatable bonds is 8. The summed E-state index contributed by atoms with van der Waals surface area (Å²) in [5.41, 5.74) is 1.46. The molecule has 1 aliphatic carbocycles. The van der Waals surface area contributed by atoms with Crippen molar-refractivity contribution in [2.24, 2.45) is 5.92 Å². The number of fused-ring (bicyclic) bond motifs is 1. The number of aliphatic hydroxyl groups excluding tert-OH is 1. The van der Waals surface area contributed by atoms with Crippen LogP contribution in [0, 0.1) is 5.92 Å². The van der Waals surface area contributed by atoms with Gasteiger partial charge in [-0.25, -0.2) is 12.7 Å². The van der Waals surface area contributed by atoms with E-state index in [9.17, 15) is 18.3 Å². The third-order valence-corrected chi connectivity index (χ3v) is 8.58. The van der Waals surface area contributed by atoms with Crippen LogP contribution >= 0.6 is 0 Å². The van der Waals surface area contributed by atoms with Gasteiger partial charge in [0.25, 0.3) is 5.56 Å². The summed E-state index contributed by atoms with van der Waals surface area (Å²) in [6, 6.07) is 15.6. The van der Waals surface area contributed by atoms with Gasteiger partial charge in [-0.1, -0.05) is 50.3 Å². The van der Waals surface area contributed by atoms with E-state index in [2.05, 4.69) is 5.32 Å². The molecule has 3 aromatic rings. The van der Waals surface area contributed by atoms with E-state index in [1.165, 1.54) is 58.3 Å². The molecule has 0 spiro atoms. The summed E-state index contributed by atoms with van der Waals surface area (Å²) in [5, 5.41) is 14.8. The Hall–Kier alpha value is -2.68. The van der Waals surface area contributed by atoms with Gasteiger partial charge in [-0.15, -0.1) is 0 Å². The van der Waals surface area contributed by atoms with Crippen molar-refractivity contribution in [1.82, 2.24) is 8.87 Å². The minimum absolute atomic E-state index is 0.160. The first-order valence-electron chi connectivity index (χ1n) is 11.9. The van der Waals surface area contributed by atoms with E-state index in [0.717, 1.165) is 21.6 Å². The Morgan fingerprint density at radius 2 is 1.74 bits per heavy atom. The molecule has 0 bridgehead atoms. The number of benzene rings is 2. The molecular weight excluding hydrogens is 450 g/mol. The van der Waals surface area contributed by atoms with Gasteiger partial charge in [-0.2, -0.15) is 0 Å². The van der Waals surface area contributed by atoms with Crippen molar-refractivity contribution in [2.45, 2.75) is 56.2 Å². The van der Waals surface area contributed by atoms with Crippen molar-refractivity contribution in [1.29, 1.82) is 0 Å². The molecule has 2 N–H and O–H groups in total. The molecule has 1 atom stereocenters. The molecule has 1 heterocycles. The number of para-hydroxylation sites is 1. The largest absolute Gasteiger partial charge is 0.369 e. The molecule has 1 aromatic heterocycles. The molecule has 1 unspecified atom stereocenters. The zero-order chi connectivity index (χ0) is 24.3. The number of anilines is 1. The fourth-order valence-corrected chi connectivity index (χ4v) is 5.63. The van der Waals surface area contributed by atoms with E-state index in [4.69, 9.17) is 0 Å². The molecule has 8 heteroatoms. The minimum atomic E-state index is -3.54. The van der Waals surface area contributed by atoms with E-state index in [-0.39, 0.29) is 16.0 Å². The van der Waals surface area contributed by atoms with Crippen LogP contribution in [0.25, 0.3) is 10.9 Å². The van der Waals surface area contributed by atoms with Crippen LogP contribution in [-0.4, -0.2) is 36.5 Å². The molecule has 0 aliphatic heterocycles. The fraction of sp³-hybridized carbons (Fsp3) is 0.423. The van der Waals surface area contributed by atoms with Gasteiger partial charge in [0.1, 0.15) is 0 Å². The van der Waals surface area contributed by atoms with Crippen LogP contribution in [0.4, 0.5) is 5.69 Å². The van der Waals surface area contributed by atoms with E-state index in [0.29, 0.717) is 18.2 Å². The number of aromatic nitrogens is 1. The average Bonchev–Trinajstić information content (AvgIpc) is 2.84. The normalized spacial score (nSPS) is 16.1.